The van der Waals surface area contributed by atoms with Gasteiger partial charge >= 0.3 is 0 Å². The van der Waals surface area contributed by atoms with Crippen LogP contribution < -0.4 is 0 Å². The fourth-order valence-corrected chi connectivity index (χ4v) is 2.72. The van der Waals surface area contributed by atoms with Gasteiger partial charge in [0.2, 0.25) is 5.91 Å². The van der Waals surface area contributed by atoms with Crippen molar-refractivity contribution in [2.24, 2.45) is 5.92 Å². The van der Waals surface area contributed by atoms with Crippen molar-refractivity contribution in [3.05, 3.63) is 35.9 Å². The average molecular weight is 268 g/mol. The number of hydrogen-bond acceptors (Lipinski definition) is 2. The maximum absolute atomic E-state index is 12.0. The zero-order chi connectivity index (χ0) is 13.0. The minimum absolute atomic E-state index is 0.0306. The van der Waals surface area contributed by atoms with Crippen LogP contribution in [-0.2, 0) is 4.79 Å². The second kappa shape index (κ2) is 6.21. The molecule has 4 heteroatoms. The first-order chi connectivity index (χ1) is 8.76. The Hall–Kier alpha value is -1.06. The number of aliphatic hydroxyl groups is 1. The lowest BCUT2D eigenvalue weighted by Gasteiger charge is -2.28. The van der Waals surface area contributed by atoms with Gasteiger partial charge in [-0.05, 0) is 17.9 Å². The van der Waals surface area contributed by atoms with Crippen LogP contribution in [0.5, 0.6) is 0 Å². The van der Waals surface area contributed by atoms with Crippen LogP contribution in [0.3, 0.4) is 0 Å². The molecule has 1 heterocycles. The lowest BCUT2D eigenvalue weighted by atomic mass is 10.0. The number of benzene rings is 1. The topological polar surface area (TPSA) is 40.5 Å². The van der Waals surface area contributed by atoms with Crippen molar-refractivity contribution >= 4 is 17.5 Å². The molecule has 1 aromatic carbocycles. The fourth-order valence-electron chi connectivity index (χ4n) is 2.51. The first-order valence-corrected chi connectivity index (χ1v) is 6.81. The summed E-state index contributed by atoms with van der Waals surface area (Å²) in [6.07, 6.45) is 1.10. The quantitative estimate of drug-likeness (QED) is 0.831. The van der Waals surface area contributed by atoms with Gasteiger partial charge in [0, 0.05) is 25.5 Å². The average Bonchev–Trinajstić information content (AvgIpc) is 2.78. The van der Waals surface area contributed by atoms with Gasteiger partial charge in [0.05, 0.1) is 6.04 Å². The van der Waals surface area contributed by atoms with Gasteiger partial charge in [-0.25, -0.2) is 0 Å². The molecule has 1 aliphatic rings. The van der Waals surface area contributed by atoms with E-state index >= 15 is 0 Å². The van der Waals surface area contributed by atoms with Crippen molar-refractivity contribution in [3.8, 4) is 0 Å². The Bertz CT molecular complexity index is 396. The molecular weight excluding hydrogens is 250 g/mol. The van der Waals surface area contributed by atoms with Gasteiger partial charge < -0.3 is 10.0 Å². The number of hydrogen-bond donors (Lipinski definition) is 1. The summed E-state index contributed by atoms with van der Waals surface area (Å²) >= 11 is 5.84. The number of amides is 1. The normalized spacial score (nSPS) is 21.3. The Morgan fingerprint density at radius 1 is 1.39 bits per heavy atom. The molecular formula is C14H18ClNO2. The number of rotatable bonds is 5. The van der Waals surface area contributed by atoms with Crippen molar-refractivity contribution in [1.29, 1.82) is 0 Å². The van der Waals surface area contributed by atoms with Crippen LogP contribution in [0.2, 0.25) is 0 Å². The molecule has 1 saturated heterocycles. The zero-order valence-corrected chi connectivity index (χ0v) is 11.0. The molecule has 2 atom stereocenters. The van der Waals surface area contributed by atoms with Gasteiger partial charge in [-0.1, -0.05) is 30.3 Å². The molecule has 2 unspecified atom stereocenters. The largest absolute Gasteiger partial charge is 0.396 e. The van der Waals surface area contributed by atoms with E-state index < -0.39 is 0 Å². The Morgan fingerprint density at radius 3 is 2.67 bits per heavy atom. The van der Waals surface area contributed by atoms with Crippen LogP contribution in [0.25, 0.3) is 0 Å². The van der Waals surface area contributed by atoms with Gasteiger partial charge in [0.1, 0.15) is 0 Å². The molecule has 1 aromatic rings. The lowest BCUT2D eigenvalue weighted by Crippen LogP contribution is -2.31. The number of likely N-dealkylation sites (tertiary alicyclic amines) is 1. The first kappa shape index (κ1) is 13.4. The Labute approximate surface area is 112 Å². The van der Waals surface area contributed by atoms with Gasteiger partial charge in [0.25, 0.3) is 0 Å². The van der Waals surface area contributed by atoms with Crippen molar-refractivity contribution in [1.82, 2.24) is 4.90 Å². The lowest BCUT2D eigenvalue weighted by molar-refractivity contribution is -0.130. The minimum atomic E-state index is -0.0306. The molecule has 1 amide bonds. The summed E-state index contributed by atoms with van der Waals surface area (Å²) in [6.45, 7) is 0.775. The summed E-state index contributed by atoms with van der Waals surface area (Å²) in [6, 6.07) is 9.84. The highest BCUT2D eigenvalue weighted by molar-refractivity contribution is 6.18. The van der Waals surface area contributed by atoms with E-state index in [0.717, 1.165) is 5.56 Å². The maximum atomic E-state index is 12.0. The van der Waals surface area contributed by atoms with E-state index in [1.807, 2.05) is 35.2 Å². The summed E-state index contributed by atoms with van der Waals surface area (Å²) in [4.78, 5) is 13.9. The first-order valence-electron chi connectivity index (χ1n) is 6.27. The second-order valence-electron chi connectivity index (χ2n) is 4.71. The van der Waals surface area contributed by atoms with E-state index in [9.17, 15) is 9.90 Å². The molecule has 1 fully saturated rings. The van der Waals surface area contributed by atoms with Gasteiger partial charge in [0.15, 0.2) is 0 Å². The van der Waals surface area contributed by atoms with Crippen molar-refractivity contribution < 1.29 is 9.90 Å². The van der Waals surface area contributed by atoms with Crippen LogP contribution in [0.15, 0.2) is 30.3 Å². The third kappa shape index (κ3) is 2.85. The molecule has 0 aromatic heterocycles. The van der Waals surface area contributed by atoms with Gasteiger partial charge in [-0.15, -0.1) is 11.6 Å². The smallest absolute Gasteiger partial charge is 0.223 e. The predicted molar refractivity (Wildman–Crippen MR) is 71.4 cm³/mol. The van der Waals surface area contributed by atoms with Crippen LogP contribution in [-0.4, -0.2) is 34.9 Å². The number of aliphatic hydroxyl groups excluding tert-OH is 1. The van der Waals surface area contributed by atoms with Gasteiger partial charge in [-0.3, -0.25) is 4.79 Å². The van der Waals surface area contributed by atoms with E-state index in [-0.39, 0.29) is 24.5 Å². The molecule has 18 heavy (non-hydrogen) atoms. The van der Waals surface area contributed by atoms with Crippen molar-refractivity contribution in [3.63, 3.8) is 0 Å². The number of carbonyl (C=O) groups excluding carboxylic acids is 1. The summed E-state index contributed by atoms with van der Waals surface area (Å²) in [5.74, 6) is 0.898. The SMILES string of the molecule is O=C1CC(CCl)CN1C(CCO)c1ccccc1. The monoisotopic (exact) mass is 267 g/mol. The molecule has 2 rings (SSSR count). The highest BCUT2D eigenvalue weighted by Crippen LogP contribution is 2.31. The summed E-state index contributed by atoms with van der Waals surface area (Å²) in [5.41, 5.74) is 1.08. The van der Waals surface area contributed by atoms with Crippen LogP contribution in [0.4, 0.5) is 0 Å². The molecule has 0 saturated carbocycles. The molecule has 0 spiro atoms. The molecule has 98 valence electrons. The Kier molecular flexibility index (Phi) is 4.61. The Balaban J connectivity index is 2.18. The van der Waals surface area contributed by atoms with E-state index in [2.05, 4.69) is 0 Å². The van der Waals surface area contributed by atoms with E-state index in [1.165, 1.54) is 0 Å². The standard InChI is InChI=1S/C14H18ClNO2/c15-9-11-8-14(18)16(10-11)13(6-7-17)12-4-2-1-3-5-12/h1-5,11,13,17H,6-10H2. The molecule has 1 aliphatic heterocycles. The Morgan fingerprint density at radius 2 is 2.11 bits per heavy atom. The van der Waals surface area contributed by atoms with Crippen molar-refractivity contribution in [2.45, 2.75) is 18.9 Å². The number of alkyl halides is 1. The number of halogens is 1. The highest BCUT2D eigenvalue weighted by atomic mass is 35.5. The molecule has 0 bridgehead atoms. The van der Waals surface area contributed by atoms with Crippen molar-refractivity contribution in [2.75, 3.05) is 19.0 Å². The molecule has 0 radical (unpaired) electrons. The molecule has 0 aliphatic carbocycles. The van der Waals surface area contributed by atoms with Gasteiger partial charge in [-0.2, -0.15) is 0 Å². The third-order valence-electron chi connectivity index (χ3n) is 3.42. The fraction of sp³-hybridized carbons (Fsp3) is 0.500. The third-order valence-corrected chi connectivity index (χ3v) is 3.86. The maximum Gasteiger partial charge on any atom is 0.223 e. The zero-order valence-electron chi connectivity index (χ0n) is 10.3. The van der Waals surface area contributed by atoms with E-state index in [1.54, 1.807) is 0 Å². The summed E-state index contributed by atoms with van der Waals surface area (Å²) in [7, 11) is 0. The summed E-state index contributed by atoms with van der Waals surface area (Å²) in [5, 5.41) is 9.20. The second-order valence-corrected chi connectivity index (χ2v) is 5.02. The van der Waals surface area contributed by atoms with Crippen LogP contribution in [0.1, 0.15) is 24.4 Å². The number of carbonyl (C=O) groups is 1. The molecule has 1 N–H and O–H groups in total. The number of nitrogens with zero attached hydrogens (tertiary/aromatic N) is 1. The predicted octanol–water partition coefficient (Wildman–Crippen LogP) is 2.20. The van der Waals surface area contributed by atoms with Crippen LogP contribution >= 0.6 is 11.6 Å². The van der Waals surface area contributed by atoms with E-state index in [0.29, 0.717) is 25.3 Å². The highest BCUT2D eigenvalue weighted by Gasteiger charge is 2.34. The molecule has 3 nitrogen and oxygen atoms in total. The summed E-state index contributed by atoms with van der Waals surface area (Å²) < 4.78 is 0. The minimum Gasteiger partial charge on any atom is -0.396 e. The van der Waals surface area contributed by atoms with Crippen LogP contribution in [0, 0.1) is 5.92 Å². The van der Waals surface area contributed by atoms with E-state index in [4.69, 9.17) is 11.6 Å².